The van der Waals surface area contributed by atoms with Gasteiger partial charge in [-0.2, -0.15) is 0 Å². The summed E-state index contributed by atoms with van der Waals surface area (Å²) in [6.07, 6.45) is 21.0. The van der Waals surface area contributed by atoms with Crippen LogP contribution in [-0.4, -0.2) is 35.0 Å². The number of aliphatic imine (C=N–C) groups is 1. The molecule has 0 aromatic carbocycles. The summed E-state index contributed by atoms with van der Waals surface area (Å²) in [6.45, 7) is 9.65. The fraction of sp³-hybridized carbons (Fsp3) is 0.828. The van der Waals surface area contributed by atoms with Crippen LogP contribution < -0.4 is 40.0 Å². The zero-order valence-electron chi connectivity index (χ0n) is 24.2. The molecular weight excluding hydrogens is 463 g/mol. The van der Waals surface area contributed by atoms with Crippen molar-refractivity contribution in [1.82, 2.24) is 5.32 Å². The molecule has 0 saturated heterocycles. The Morgan fingerprint density at radius 2 is 1.36 bits per heavy atom. The van der Waals surface area contributed by atoms with Crippen molar-refractivity contribution in [2.24, 2.45) is 16.8 Å². The van der Waals surface area contributed by atoms with Gasteiger partial charge in [0.05, 0.1) is 0 Å². The summed E-state index contributed by atoms with van der Waals surface area (Å²) in [5.41, 5.74) is 0. The summed E-state index contributed by atoms with van der Waals surface area (Å²) in [6, 6.07) is -1.81. The van der Waals surface area contributed by atoms with E-state index in [1.807, 2.05) is 13.8 Å². The SMILES string of the molecule is CCCCCCCC/C=C\CCCCCCCC([O-])=N[C@@H](CC(C)C)C(=O)N[C@H](C(=O)O)C(C)C.[Na+]. The van der Waals surface area contributed by atoms with E-state index < -0.39 is 24.0 Å². The molecule has 2 N–H and O–H groups in total. The number of nitrogens with one attached hydrogen (secondary N) is 1. The molecule has 204 valence electrons. The number of nitrogens with zero attached hydrogens (tertiary/aromatic N) is 1. The first kappa shape index (κ1) is 37.3. The quantitative estimate of drug-likeness (QED) is 0.0757. The second kappa shape index (κ2) is 24.5. The third-order valence-electron chi connectivity index (χ3n) is 6.18. The minimum absolute atomic E-state index is 0. The van der Waals surface area contributed by atoms with Gasteiger partial charge in [0.1, 0.15) is 12.1 Å². The maximum atomic E-state index is 12.6. The maximum absolute atomic E-state index is 12.6. The minimum atomic E-state index is -1.07. The predicted octanol–water partition coefficient (Wildman–Crippen LogP) is 3.43. The van der Waals surface area contributed by atoms with Gasteiger partial charge in [0, 0.05) is 0 Å². The van der Waals surface area contributed by atoms with E-state index in [-0.39, 0.29) is 47.3 Å². The van der Waals surface area contributed by atoms with E-state index in [2.05, 4.69) is 29.4 Å². The first-order chi connectivity index (χ1) is 16.7. The average Bonchev–Trinajstić information content (AvgIpc) is 2.78. The Bertz CT molecular complexity index is 620. The van der Waals surface area contributed by atoms with E-state index in [0.717, 1.165) is 32.1 Å². The molecule has 36 heavy (non-hydrogen) atoms. The normalized spacial score (nSPS) is 13.7. The smallest absolute Gasteiger partial charge is 0.862 e. The van der Waals surface area contributed by atoms with Crippen LogP contribution in [0.5, 0.6) is 0 Å². The summed E-state index contributed by atoms with van der Waals surface area (Å²) in [7, 11) is 0. The molecule has 0 saturated carbocycles. The molecule has 0 aliphatic carbocycles. The van der Waals surface area contributed by atoms with Gasteiger partial charge in [0.25, 0.3) is 0 Å². The third kappa shape index (κ3) is 21.3. The third-order valence-corrected chi connectivity index (χ3v) is 6.18. The topological polar surface area (TPSA) is 102 Å². The van der Waals surface area contributed by atoms with Crippen molar-refractivity contribution in [3.8, 4) is 0 Å². The molecule has 0 aliphatic heterocycles. The van der Waals surface area contributed by atoms with Crippen molar-refractivity contribution in [3.05, 3.63) is 12.2 Å². The second-order valence-electron chi connectivity index (χ2n) is 10.6. The first-order valence-electron chi connectivity index (χ1n) is 14.1. The molecule has 1 amide bonds. The molecule has 0 heterocycles. The summed E-state index contributed by atoms with van der Waals surface area (Å²) in [5.74, 6) is -1.89. The van der Waals surface area contributed by atoms with Crippen LogP contribution in [0.2, 0.25) is 0 Å². The zero-order valence-corrected chi connectivity index (χ0v) is 26.2. The zero-order chi connectivity index (χ0) is 26.5. The number of carbonyl (C=O) groups excluding carboxylic acids is 1. The first-order valence-corrected chi connectivity index (χ1v) is 14.1. The Kier molecular flexibility index (Phi) is 25.4. The molecule has 0 unspecified atom stereocenters. The molecule has 7 heteroatoms. The van der Waals surface area contributed by atoms with E-state index in [0.29, 0.717) is 12.8 Å². The van der Waals surface area contributed by atoms with Crippen LogP contribution in [0.4, 0.5) is 0 Å². The maximum Gasteiger partial charge on any atom is 1.00 e. The van der Waals surface area contributed by atoms with Crippen LogP contribution >= 0.6 is 0 Å². The van der Waals surface area contributed by atoms with Gasteiger partial charge in [-0.1, -0.05) is 98.1 Å². The fourth-order valence-electron chi connectivity index (χ4n) is 4.01. The van der Waals surface area contributed by atoms with Crippen LogP contribution in [0, 0.1) is 11.8 Å². The number of aliphatic carboxylic acids is 1. The second-order valence-corrected chi connectivity index (χ2v) is 10.6. The number of carbonyl (C=O) groups is 2. The van der Waals surface area contributed by atoms with E-state index in [1.165, 1.54) is 51.4 Å². The number of rotatable bonds is 22. The molecule has 0 aromatic heterocycles. The molecule has 0 radical (unpaired) electrons. The van der Waals surface area contributed by atoms with Crippen molar-refractivity contribution in [3.63, 3.8) is 0 Å². The van der Waals surface area contributed by atoms with Gasteiger partial charge in [-0.05, 0) is 62.7 Å². The average molecular weight is 517 g/mol. The van der Waals surface area contributed by atoms with Gasteiger partial charge >= 0.3 is 35.5 Å². The number of amides is 1. The molecule has 0 bridgehead atoms. The van der Waals surface area contributed by atoms with Crippen molar-refractivity contribution in [2.75, 3.05) is 0 Å². The number of carboxylic acid groups (broad SMARTS) is 1. The van der Waals surface area contributed by atoms with Crippen molar-refractivity contribution in [1.29, 1.82) is 0 Å². The van der Waals surface area contributed by atoms with Gasteiger partial charge in [-0.3, -0.25) is 9.79 Å². The molecule has 6 nitrogen and oxygen atoms in total. The van der Waals surface area contributed by atoms with E-state index in [4.69, 9.17) is 0 Å². The monoisotopic (exact) mass is 516 g/mol. The molecule has 2 atom stereocenters. The summed E-state index contributed by atoms with van der Waals surface area (Å²) in [5, 5.41) is 24.2. The molecule has 0 aromatic rings. The van der Waals surface area contributed by atoms with Crippen LogP contribution in [0.3, 0.4) is 0 Å². The van der Waals surface area contributed by atoms with Crippen LogP contribution in [0.15, 0.2) is 17.1 Å². The van der Waals surface area contributed by atoms with Crippen LogP contribution in [0.25, 0.3) is 0 Å². The van der Waals surface area contributed by atoms with Gasteiger partial charge in [0.15, 0.2) is 0 Å². The van der Waals surface area contributed by atoms with Gasteiger partial charge in [-0.25, -0.2) is 4.79 Å². The van der Waals surface area contributed by atoms with Gasteiger partial charge in [0.2, 0.25) is 5.91 Å². The molecule has 0 fully saturated rings. The Labute approximate surface area is 243 Å². The number of carboxylic acids is 1. The van der Waals surface area contributed by atoms with Gasteiger partial charge in [-0.15, -0.1) is 0 Å². The van der Waals surface area contributed by atoms with E-state index >= 15 is 0 Å². The molecular formula is C29H53N2NaO4. The molecule has 0 aliphatic rings. The molecule has 0 rings (SSSR count). The Hall–Kier alpha value is -0.850. The largest absolute Gasteiger partial charge is 1.00 e. The van der Waals surface area contributed by atoms with E-state index in [9.17, 15) is 19.8 Å². The summed E-state index contributed by atoms with van der Waals surface area (Å²) < 4.78 is 0. The minimum Gasteiger partial charge on any atom is -0.862 e. The van der Waals surface area contributed by atoms with Crippen LogP contribution in [0.1, 0.15) is 131 Å². The summed E-state index contributed by atoms with van der Waals surface area (Å²) >= 11 is 0. The fourth-order valence-corrected chi connectivity index (χ4v) is 4.01. The number of hydrogen-bond donors (Lipinski definition) is 2. The van der Waals surface area contributed by atoms with Crippen molar-refractivity contribution < 1.29 is 49.4 Å². The number of hydrogen-bond acceptors (Lipinski definition) is 4. The van der Waals surface area contributed by atoms with E-state index in [1.54, 1.807) is 13.8 Å². The predicted molar refractivity (Wildman–Crippen MR) is 145 cm³/mol. The number of unbranched alkanes of at least 4 members (excludes halogenated alkanes) is 11. The Balaban J connectivity index is 0. The van der Waals surface area contributed by atoms with Crippen molar-refractivity contribution in [2.45, 2.75) is 143 Å². The Morgan fingerprint density at radius 3 is 1.83 bits per heavy atom. The number of allylic oxidation sites excluding steroid dienone is 2. The Morgan fingerprint density at radius 1 is 0.861 bits per heavy atom. The standard InChI is InChI=1S/C29H54N2O4.Na/c1-6-7-8-9-10-11-12-13-14-15-16-17-18-19-20-21-26(32)30-25(22-23(2)3)28(33)31-27(24(4)5)29(34)35;/h13-14,23-25,27H,6-12,15-22H2,1-5H3,(H,30,32)(H,31,33)(H,34,35);/q;+1/p-1/b14-13-;/t25-,27-;/m0./s1. The summed E-state index contributed by atoms with van der Waals surface area (Å²) in [4.78, 5) is 28.2. The molecule has 0 spiro atoms. The van der Waals surface area contributed by atoms with Crippen molar-refractivity contribution >= 4 is 17.8 Å². The van der Waals surface area contributed by atoms with Gasteiger partial charge < -0.3 is 15.5 Å². The van der Waals surface area contributed by atoms with Crippen LogP contribution in [-0.2, 0) is 9.59 Å².